The van der Waals surface area contributed by atoms with Crippen LogP contribution in [0.3, 0.4) is 0 Å². The number of anilines is 1. The summed E-state index contributed by atoms with van der Waals surface area (Å²) in [4.78, 5) is 24.7. The third-order valence-corrected chi connectivity index (χ3v) is 5.36. The Bertz CT molecular complexity index is 1190. The van der Waals surface area contributed by atoms with Crippen LogP contribution in [-0.2, 0) is 20.1 Å². The average molecular weight is 479 g/mol. The molecule has 0 radical (unpaired) electrons. The zero-order chi connectivity index (χ0) is 21.6. The van der Waals surface area contributed by atoms with E-state index in [1.54, 1.807) is 36.8 Å². The first-order valence-corrected chi connectivity index (χ1v) is 10.3. The van der Waals surface area contributed by atoms with Gasteiger partial charge in [-0.2, -0.15) is 0 Å². The second-order valence-corrected chi connectivity index (χ2v) is 7.53. The molecule has 0 aliphatic carbocycles. The maximum atomic E-state index is 12.6. The summed E-state index contributed by atoms with van der Waals surface area (Å²) < 4.78 is 2.73. The topological polar surface area (TPSA) is 111 Å². The van der Waals surface area contributed by atoms with Crippen LogP contribution in [0.2, 0.25) is 0 Å². The average Bonchev–Trinajstić information content (AvgIpc) is 3.18. The molecule has 2 N–H and O–H groups in total. The van der Waals surface area contributed by atoms with E-state index in [0.29, 0.717) is 30.2 Å². The molecular weight excluding hydrogens is 460 g/mol. The normalized spacial score (nSPS) is 10.6. The first kappa shape index (κ1) is 20.6. The number of aromatic nitrogens is 6. The molecule has 0 aliphatic rings. The molecule has 0 saturated heterocycles. The molecule has 0 atom stereocenters. The van der Waals surface area contributed by atoms with E-state index in [1.807, 2.05) is 29.8 Å². The van der Waals surface area contributed by atoms with Crippen LogP contribution in [0.4, 0.5) is 5.69 Å². The zero-order valence-corrected chi connectivity index (χ0v) is 18.2. The molecular formula is C21H19BrN8O. The van der Waals surface area contributed by atoms with Gasteiger partial charge in [0.25, 0.3) is 5.91 Å². The Kier molecular flexibility index (Phi) is 6.27. The Morgan fingerprint density at radius 3 is 2.77 bits per heavy atom. The number of halogens is 1. The molecule has 4 rings (SSSR count). The van der Waals surface area contributed by atoms with E-state index in [1.165, 1.54) is 6.33 Å². The summed E-state index contributed by atoms with van der Waals surface area (Å²) in [7, 11) is 1.88. The number of amides is 1. The quantitative estimate of drug-likeness (QED) is 0.419. The van der Waals surface area contributed by atoms with Crippen molar-refractivity contribution < 1.29 is 4.79 Å². The minimum atomic E-state index is -0.155. The Labute approximate surface area is 187 Å². The second kappa shape index (κ2) is 9.43. The maximum Gasteiger partial charge on any atom is 0.251 e. The van der Waals surface area contributed by atoms with E-state index in [-0.39, 0.29) is 5.91 Å². The van der Waals surface area contributed by atoms with Gasteiger partial charge in [0.1, 0.15) is 12.0 Å². The summed E-state index contributed by atoms with van der Waals surface area (Å²) in [6.07, 6.45) is 6.54. The minimum Gasteiger partial charge on any atom is -0.378 e. The molecule has 0 saturated carbocycles. The lowest BCUT2D eigenvalue weighted by molar-refractivity contribution is 0.0951. The summed E-state index contributed by atoms with van der Waals surface area (Å²) in [5, 5.41) is 14.7. The molecule has 156 valence electrons. The fourth-order valence-electron chi connectivity index (χ4n) is 2.94. The molecule has 9 nitrogen and oxygen atoms in total. The summed E-state index contributed by atoms with van der Waals surface area (Å²) in [5.74, 6) is 1.25. The molecule has 31 heavy (non-hydrogen) atoms. The number of nitrogens with one attached hydrogen (secondary N) is 2. The van der Waals surface area contributed by atoms with E-state index in [2.05, 4.69) is 51.7 Å². The van der Waals surface area contributed by atoms with Gasteiger partial charge in [-0.05, 0) is 51.8 Å². The first-order chi connectivity index (χ1) is 15.1. The molecule has 4 aromatic rings. The Morgan fingerprint density at radius 1 is 1.10 bits per heavy atom. The van der Waals surface area contributed by atoms with Crippen LogP contribution in [-0.4, -0.2) is 35.6 Å². The fraction of sp³-hybridized carbons (Fsp3) is 0.143. The van der Waals surface area contributed by atoms with Crippen molar-refractivity contribution in [1.29, 1.82) is 0 Å². The van der Waals surface area contributed by atoms with Gasteiger partial charge in [0.15, 0.2) is 11.6 Å². The first-order valence-electron chi connectivity index (χ1n) is 9.47. The Morgan fingerprint density at radius 2 is 1.97 bits per heavy atom. The van der Waals surface area contributed by atoms with Gasteiger partial charge >= 0.3 is 0 Å². The summed E-state index contributed by atoms with van der Waals surface area (Å²) in [6, 6.07) is 11.0. The summed E-state index contributed by atoms with van der Waals surface area (Å²) >= 11 is 3.44. The van der Waals surface area contributed by atoms with Crippen LogP contribution in [0.1, 0.15) is 21.7 Å². The molecule has 10 heteroatoms. The highest BCUT2D eigenvalue weighted by molar-refractivity contribution is 9.10. The highest BCUT2D eigenvalue weighted by atomic mass is 79.9. The van der Waals surface area contributed by atoms with Crippen molar-refractivity contribution in [3.05, 3.63) is 82.7 Å². The summed E-state index contributed by atoms with van der Waals surface area (Å²) in [6.45, 7) is 0.855. The van der Waals surface area contributed by atoms with Crippen LogP contribution < -0.4 is 10.6 Å². The predicted molar refractivity (Wildman–Crippen MR) is 119 cm³/mol. The Hall–Kier alpha value is -3.66. The molecule has 0 unspecified atom stereocenters. The molecule has 1 amide bonds. The number of pyridine rings is 1. The zero-order valence-electron chi connectivity index (χ0n) is 16.7. The molecule has 1 aromatic carbocycles. The largest absolute Gasteiger partial charge is 0.378 e. The van der Waals surface area contributed by atoms with Crippen molar-refractivity contribution in [1.82, 2.24) is 35.0 Å². The van der Waals surface area contributed by atoms with E-state index in [9.17, 15) is 4.79 Å². The van der Waals surface area contributed by atoms with Crippen molar-refractivity contribution >= 4 is 27.5 Å². The van der Waals surface area contributed by atoms with E-state index >= 15 is 0 Å². The lowest BCUT2D eigenvalue weighted by Gasteiger charge is -2.10. The third kappa shape index (κ3) is 4.92. The number of nitrogens with zero attached hydrogens (tertiary/aromatic N) is 6. The number of benzene rings is 1. The van der Waals surface area contributed by atoms with Crippen LogP contribution in [0, 0.1) is 0 Å². The van der Waals surface area contributed by atoms with Gasteiger partial charge in [-0.1, -0.05) is 6.07 Å². The molecule has 0 aliphatic heterocycles. The molecule has 0 fully saturated rings. The number of carbonyl (C=O) groups excluding carboxylic acids is 1. The smallest absolute Gasteiger partial charge is 0.251 e. The van der Waals surface area contributed by atoms with Gasteiger partial charge < -0.3 is 15.2 Å². The van der Waals surface area contributed by atoms with Crippen molar-refractivity contribution in [2.75, 3.05) is 5.32 Å². The van der Waals surface area contributed by atoms with Gasteiger partial charge in [-0.15, -0.1) is 10.2 Å². The van der Waals surface area contributed by atoms with Gasteiger partial charge in [-0.3, -0.25) is 9.78 Å². The second-order valence-electron chi connectivity index (χ2n) is 6.68. The standard InChI is InChI=1S/C21H19BrN8O/c1-30-19(28-29-20(30)18-6-8-24-13-27-18)12-25-16-4-2-3-14(9-16)21(31)26-10-15-5-7-23-11-17(15)22/h2-9,11,13,25H,10,12H2,1H3,(H,26,31). The van der Waals surface area contributed by atoms with Crippen LogP contribution in [0.5, 0.6) is 0 Å². The van der Waals surface area contributed by atoms with Gasteiger partial charge in [0.2, 0.25) is 0 Å². The maximum absolute atomic E-state index is 12.6. The van der Waals surface area contributed by atoms with Crippen molar-refractivity contribution in [3.63, 3.8) is 0 Å². The molecule has 0 spiro atoms. The number of carbonyl (C=O) groups is 1. The van der Waals surface area contributed by atoms with E-state index in [0.717, 1.165) is 21.5 Å². The predicted octanol–water partition coefficient (Wildman–Crippen LogP) is 2.97. The third-order valence-electron chi connectivity index (χ3n) is 4.65. The van der Waals surface area contributed by atoms with Crippen molar-refractivity contribution in [2.24, 2.45) is 7.05 Å². The SMILES string of the molecule is Cn1c(CNc2cccc(C(=O)NCc3ccncc3Br)c2)nnc1-c1ccncn1. The van der Waals surface area contributed by atoms with E-state index in [4.69, 9.17) is 0 Å². The molecule has 3 aromatic heterocycles. The highest BCUT2D eigenvalue weighted by Crippen LogP contribution is 2.17. The van der Waals surface area contributed by atoms with Gasteiger partial charge in [0, 0.05) is 47.9 Å². The fourth-order valence-corrected chi connectivity index (χ4v) is 3.33. The van der Waals surface area contributed by atoms with Crippen LogP contribution in [0.25, 0.3) is 11.5 Å². The molecule has 3 heterocycles. The monoisotopic (exact) mass is 478 g/mol. The number of rotatable bonds is 7. The molecule has 0 bridgehead atoms. The van der Waals surface area contributed by atoms with Crippen molar-refractivity contribution in [3.8, 4) is 11.5 Å². The highest BCUT2D eigenvalue weighted by Gasteiger charge is 2.12. The van der Waals surface area contributed by atoms with Gasteiger partial charge in [-0.25, -0.2) is 9.97 Å². The number of hydrogen-bond donors (Lipinski definition) is 2. The lowest BCUT2D eigenvalue weighted by Crippen LogP contribution is -2.23. The minimum absolute atomic E-state index is 0.155. The van der Waals surface area contributed by atoms with E-state index < -0.39 is 0 Å². The summed E-state index contributed by atoms with van der Waals surface area (Å²) in [5.41, 5.74) is 3.04. The van der Waals surface area contributed by atoms with Gasteiger partial charge in [0.05, 0.1) is 6.54 Å². The number of hydrogen-bond acceptors (Lipinski definition) is 7. The van der Waals surface area contributed by atoms with Crippen molar-refractivity contribution in [2.45, 2.75) is 13.1 Å². The lowest BCUT2D eigenvalue weighted by atomic mass is 10.1. The van der Waals surface area contributed by atoms with Crippen LogP contribution in [0.15, 0.2) is 65.8 Å². The van der Waals surface area contributed by atoms with Crippen LogP contribution >= 0.6 is 15.9 Å². The Balaban J connectivity index is 1.39.